The van der Waals surface area contributed by atoms with Crippen molar-refractivity contribution in [3.63, 3.8) is 0 Å². The predicted molar refractivity (Wildman–Crippen MR) is 214 cm³/mol. The number of nitrogens with zero attached hydrogens (tertiary/aromatic N) is 2. The third kappa shape index (κ3) is 6.75. The van der Waals surface area contributed by atoms with Gasteiger partial charge in [-0.1, -0.05) is 96.3 Å². The number of fused-ring (bicyclic) bond motifs is 2. The summed E-state index contributed by atoms with van der Waals surface area (Å²) in [5.74, 6) is 0.942. The second-order valence-electron chi connectivity index (χ2n) is 11.4. The minimum Gasteiger partial charge on any atom is -0.497 e. The van der Waals surface area contributed by atoms with E-state index in [2.05, 4.69) is 69.4 Å². The van der Waals surface area contributed by atoms with Gasteiger partial charge in [-0.2, -0.15) is 0 Å². The van der Waals surface area contributed by atoms with Gasteiger partial charge < -0.3 is 14.2 Å². The lowest BCUT2D eigenvalue weighted by Crippen LogP contribution is -2.40. The molecule has 0 aliphatic carbocycles. The molecule has 0 saturated carbocycles. The fourth-order valence-corrected chi connectivity index (χ4v) is 9.19. The second-order valence-corrected chi connectivity index (χ2v) is 14.8. The zero-order valence-electron chi connectivity index (χ0n) is 27.1. The van der Waals surface area contributed by atoms with Crippen LogP contribution in [0.5, 0.6) is 11.5 Å². The van der Waals surface area contributed by atoms with Crippen LogP contribution >= 0.6 is 56.5 Å². The Balaban J connectivity index is 1.32. The van der Waals surface area contributed by atoms with Crippen molar-refractivity contribution < 1.29 is 19.0 Å². The number of rotatable bonds is 9. The van der Waals surface area contributed by atoms with Gasteiger partial charge in [0.2, 0.25) is 0 Å². The molecule has 0 N–H and O–H groups in total. The lowest BCUT2D eigenvalue weighted by molar-refractivity contribution is -0.138. The van der Waals surface area contributed by atoms with Crippen LogP contribution < -0.4 is 24.4 Å². The monoisotopic (exact) mass is 904 g/mol. The molecule has 0 spiro atoms. The molecule has 10 heteroatoms. The first-order chi connectivity index (χ1) is 24.4. The Morgan fingerprint density at radius 1 is 0.920 bits per heavy atom. The van der Waals surface area contributed by atoms with Crippen molar-refractivity contribution >= 4 is 85.0 Å². The largest absolute Gasteiger partial charge is 0.497 e. The van der Waals surface area contributed by atoms with E-state index in [1.54, 1.807) is 18.6 Å². The molecule has 0 saturated heterocycles. The molecule has 0 fully saturated rings. The number of methoxy groups -OCH3 is 1. The first kappa shape index (κ1) is 34.2. The van der Waals surface area contributed by atoms with E-state index in [9.17, 15) is 9.59 Å². The second kappa shape index (κ2) is 14.9. The van der Waals surface area contributed by atoms with Gasteiger partial charge in [0.25, 0.3) is 5.56 Å². The highest BCUT2D eigenvalue weighted by molar-refractivity contribution is 14.1. The quantitative estimate of drug-likeness (QED) is 0.109. The number of hydrogen-bond acceptors (Lipinski definition) is 7. The van der Waals surface area contributed by atoms with Crippen molar-refractivity contribution in [3.05, 3.63) is 164 Å². The predicted octanol–water partition coefficient (Wildman–Crippen LogP) is 7.89. The van der Waals surface area contributed by atoms with Crippen LogP contribution in [0.1, 0.15) is 35.2 Å². The summed E-state index contributed by atoms with van der Waals surface area (Å²) >= 11 is 5.87. The molecular weight excluding hydrogens is 874 g/mol. The fraction of sp³-hybridized carbons (Fsp3) is 0.125. The van der Waals surface area contributed by atoms with E-state index >= 15 is 0 Å². The molecule has 250 valence electrons. The van der Waals surface area contributed by atoms with Crippen LogP contribution in [0.3, 0.4) is 0 Å². The minimum absolute atomic E-state index is 0.184. The van der Waals surface area contributed by atoms with Crippen molar-refractivity contribution in [1.29, 1.82) is 0 Å². The minimum atomic E-state index is -0.765. The average Bonchev–Trinajstić information content (AvgIpc) is 3.44. The summed E-state index contributed by atoms with van der Waals surface area (Å²) in [5.41, 5.74) is 4.01. The summed E-state index contributed by atoms with van der Waals surface area (Å²) in [6.45, 7) is 2.38. The zero-order valence-corrected chi connectivity index (χ0v) is 32.2. The van der Waals surface area contributed by atoms with Crippen LogP contribution in [-0.2, 0) is 16.1 Å². The normalized spacial score (nSPS) is 14.3. The van der Waals surface area contributed by atoms with Crippen LogP contribution in [0.25, 0.3) is 22.5 Å². The Hall–Kier alpha value is -4.27. The van der Waals surface area contributed by atoms with Gasteiger partial charge in [-0.15, -0.1) is 0 Å². The van der Waals surface area contributed by atoms with E-state index in [1.165, 1.54) is 22.1 Å². The molecule has 1 aliphatic heterocycles. The molecule has 7 nitrogen and oxygen atoms in total. The third-order valence-corrected chi connectivity index (χ3v) is 11.0. The van der Waals surface area contributed by atoms with Gasteiger partial charge in [-0.3, -0.25) is 9.36 Å². The topological polar surface area (TPSA) is 79.1 Å². The van der Waals surface area contributed by atoms with Gasteiger partial charge in [0.1, 0.15) is 18.1 Å². The van der Waals surface area contributed by atoms with Gasteiger partial charge in [0.05, 0.1) is 42.7 Å². The molecule has 7 rings (SSSR count). The van der Waals surface area contributed by atoms with Crippen LogP contribution in [0.15, 0.2) is 125 Å². The first-order valence-electron chi connectivity index (χ1n) is 15.9. The molecule has 0 bridgehead atoms. The van der Waals surface area contributed by atoms with E-state index in [0.717, 1.165) is 35.1 Å². The van der Waals surface area contributed by atoms with Gasteiger partial charge in [-0.25, -0.2) is 9.79 Å². The summed E-state index contributed by atoms with van der Waals surface area (Å²) in [6.07, 6.45) is 1.88. The molecule has 0 unspecified atom stereocenters. The number of hydrogen-bond donors (Lipinski definition) is 0. The van der Waals surface area contributed by atoms with Crippen LogP contribution in [-0.4, -0.2) is 24.3 Å². The number of thiazole rings is 1. The van der Waals surface area contributed by atoms with Crippen molar-refractivity contribution in [2.24, 2.45) is 4.99 Å². The Labute approximate surface area is 319 Å². The van der Waals surface area contributed by atoms with Crippen molar-refractivity contribution in [1.82, 2.24) is 4.57 Å². The molecule has 1 aliphatic rings. The lowest BCUT2D eigenvalue weighted by atomic mass is 9.93. The lowest BCUT2D eigenvalue weighted by Gasteiger charge is -2.26. The highest BCUT2D eigenvalue weighted by atomic mass is 127. The van der Waals surface area contributed by atoms with E-state index < -0.39 is 12.0 Å². The summed E-state index contributed by atoms with van der Waals surface area (Å²) in [7, 11) is 1.60. The number of esters is 1. The van der Waals surface area contributed by atoms with Crippen molar-refractivity contribution in [2.45, 2.75) is 19.6 Å². The first-order valence-corrected chi connectivity index (χ1v) is 18.8. The highest BCUT2D eigenvalue weighted by Crippen LogP contribution is 2.36. The SMILES string of the molecule is CCOC(=O)C1=C(c2ccccc2)N=c2s/c(=C\c3cc(I)c(OCc4cccc5ccccc45)c(I)c3)c(=O)n2[C@@H]1c1ccc(OC)cc1. The van der Waals surface area contributed by atoms with E-state index in [4.69, 9.17) is 19.2 Å². The van der Waals surface area contributed by atoms with Crippen LogP contribution in [0, 0.1) is 7.14 Å². The standard InChI is InChI=1S/C40H30I2N2O5S/c1-3-48-39(46)34-35(26-11-5-4-6-12-26)43-40-44(36(34)27-16-18-29(47-2)19-17-27)38(45)33(50-40)22-24-20-31(41)37(32(42)21-24)49-23-28-14-9-13-25-10-7-8-15-30(25)28/h4-22,36H,3,23H2,1-2H3/b33-22-/t36-/m1/s1. The van der Waals surface area contributed by atoms with E-state index in [1.807, 2.05) is 91.0 Å². The summed E-state index contributed by atoms with van der Waals surface area (Å²) in [6, 6.07) is 34.7. The van der Waals surface area contributed by atoms with Gasteiger partial charge in [0.15, 0.2) is 4.80 Å². The number of halogens is 2. The Bertz CT molecular complexity index is 2430. The molecule has 2 heterocycles. The Kier molecular flexibility index (Phi) is 10.2. The van der Waals surface area contributed by atoms with E-state index in [-0.39, 0.29) is 12.2 Å². The number of ether oxygens (including phenoxy) is 3. The maximum absolute atomic E-state index is 14.4. The Morgan fingerprint density at radius 2 is 1.62 bits per heavy atom. The number of carbonyl (C=O) groups is 1. The average molecular weight is 905 g/mol. The third-order valence-electron chi connectivity index (χ3n) is 8.38. The summed E-state index contributed by atoms with van der Waals surface area (Å²) < 4.78 is 21.3. The molecule has 1 atom stereocenters. The number of aromatic nitrogens is 1. The molecule has 5 aromatic carbocycles. The smallest absolute Gasteiger partial charge is 0.338 e. The molecule has 0 amide bonds. The maximum atomic E-state index is 14.4. The van der Waals surface area contributed by atoms with Gasteiger partial charge in [0, 0.05) is 5.56 Å². The number of carbonyl (C=O) groups excluding carboxylic acids is 1. The zero-order chi connectivity index (χ0) is 34.8. The maximum Gasteiger partial charge on any atom is 0.338 e. The van der Waals surface area contributed by atoms with Gasteiger partial charge >= 0.3 is 5.97 Å². The molecular formula is C40H30I2N2O5S. The molecule has 6 aromatic rings. The summed E-state index contributed by atoms with van der Waals surface area (Å²) in [5, 5.41) is 2.34. The molecule has 50 heavy (non-hydrogen) atoms. The van der Waals surface area contributed by atoms with Gasteiger partial charge in [-0.05, 0) is 110 Å². The van der Waals surface area contributed by atoms with Crippen molar-refractivity contribution in [3.8, 4) is 11.5 Å². The number of benzene rings is 5. The summed E-state index contributed by atoms with van der Waals surface area (Å²) in [4.78, 5) is 33.5. The van der Waals surface area contributed by atoms with E-state index in [0.29, 0.717) is 33.0 Å². The van der Waals surface area contributed by atoms with Crippen LogP contribution in [0.2, 0.25) is 0 Å². The van der Waals surface area contributed by atoms with Crippen molar-refractivity contribution in [2.75, 3.05) is 13.7 Å². The molecule has 1 aromatic heterocycles. The van der Waals surface area contributed by atoms with Crippen LogP contribution in [0.4, 0.5) is 0 Å². The fourth-order valence-electron chi connectivity index (χ4n) is 6.06. The molecule has 0 radical (unpaired) electrons. The Morgan fingerprint density at radius 3 is 2.34 bits per heavy atom. The highest BCUT2D eigenvalue weighted by Gasteiger charge is 2.35.